The summed E-state index contributed by atoms with van der Waals surface area (Å²) in [7, 11) is -3.10. The van der Waals surface area contributed by atoms with Gasteiger partial charge in [-0.15, -0.1) is 0 Å². The quantitative estimate of drug-likeness (QED) is 0.486. The van der Waals surface area contributed by atoms with Crippen LogP contribution in [-0.2, 0) is 15.5 Å². The molecule has 3 aromatic heterocycles. The van der Waals surface area contributed by atoms with Gasteiger partial charge in [0, 0.05) is 36.4 Å². The van der Waals surface area contributed by atoms with Crippen molar-refractivity contribution >= 4 is 20.9 Å². The van der Waals surface area contributed by atoms with E-state index < -0.39 is 15.5 Å². The van der Waals surface area contributed by atoms with Crippen molar-refractivity contribution < 1.29 is 4.21 Å². The summed E-state index contributed by atoms with van der Waals surface area (Å²) in [6, 6.07) is 10.7. The van der Waals surface area contributed by atoms with Crippen molar-refractivity contribution in [3.8, 4) is 11.3 Å². The normalized spacial score (nSPS) is 17.8. The number of nitrogens with one attached hydrogen (secondary N) is 2. The summed E-state index contributed by atoms with van der Waals surface area (Å²) in [6.45, 7) is 8.24. The van der Waals surface area contributed by atoms with E-state index in [0.717, 1.165) is 22.3 Å². The Morgan fingerprint density at radius 1 is 1.23 bits per heavy atom. The lowest BCUT2D eigenvalue weighted by atomic mass is 9.92. The Labute approximate surface area is 173 Å². The topological polar surface area (TPSA) is 108 Å². The molecule has 0 saturated carbocycles. The largest absolute Gasteiger partial charge is 0.346 e. The molecule has 0 unspecified atom stereocenters. The molecule has 9 nitrogen and oxygen atoms in total. The van der Waals surface area contributed by atoms with E-state index in [0.29, 0.717) is 18.0 Å². The molecule has 1 aliphatic rings. The van der Waals surface area contributed by atoms with Crippen molar-refractivity contribution in [2.24, 2.45) is 0 Å². The monoisotopic (exact) mass is 418 g/mol. The minimum absolute atomic E-state index is 0.193. The lowest BCUT2D eigenvalue weighted by molar-refractivity contribution is 0.0863. The van der Waals surface area contributed by atoms with Crippen LogP contribution in [0.25, 0.3) is 27.1 Å². The number of nitrogens with zero attached hydrogens (tertiary/aromatic N) is 6. The maximum Gasteiger partial charge on any atom is 0.242 e. The zero-order valence-electron chi connectivity index (χ0n) is 15.9. The smallest absolute Gasteiger partial charge is 0.242 e. The molecule has 1 aromatic carbocycles. The van der Waals surface area contributed by atoms with Gasteiger partial charge in [-0.1, -0.05) is 18.2 Å². The van der Waals surface area contributed by atoms with Crippen LogP contribution in [0.15, 0.2) is 66.2 Å². The third-order valence-electron chi connectivity index (χ3n) is 5.44. The first kappa shape index (κ1) is 18.5. The Hall–Kier alpha value is -3.55. The number of rotatable bonds is 5. The van der Waals surface area contributed by atoms with Crippen molar-refractivity contribution in [2.45, 2.75) is 10.4 Å². The van der Waals surface area contributed by atoms with Crippen molar-refractivity contribution in [3.05, 3.63) is 72.7 Å². The Morgan fingerprint density at radius 3 is 2.80 bits per heavy atom. The van der Waals surface area contributed by atoms with E-state index in [4.69, 9.17) is 11.4 Å². The molecule has 5 rings (SSSR count). The molecule has 10 heteroatoms. The molecule has 4 aromatic rings. The van der Waals surface area contributed by atoms with Crippen LogP contribution >= 0.6 is 0 Å². The van der Waals surface area contributed by atoms with E-state index in [1.807, 2.05) is 24.5 Å². The SMILES string of the molecule is [C-]#[N+]CC1(n2cc(-c3ncnc4[nH]ccc34)cn2)CN([S@](=N)(=O)c2ccccc2)C1. The lowest BCUT2D eigenvalue weighted by Gasteiger charge is -2.46. The maximum atomic E-state index is 13.1. The van der Waals surface area contributed by atoms with Crippen molar-refractivity contribution in [1.29, 1.82) is 4.78 Å². The molecule has 0 spiro atoms. The van der Waals surface area contributed by atoms with E-state index in [2.05, 4.69) is 24.9 Å². The number of aromatic amines is 1. The highest BCUT2D eigenvalue weighted by Crippen LogP contribution is 2.35. The molecule has 2 N–H and O–H groups in total. The van der Waals surface area contributed by atoms with Gasteiger partial charge in [0.2, 0.25) is 6.54 Å². The van der Waals surface area contributed by atoms with E-state index in [-0.39, 0.29) is 6.54 Å². The van der Waals surface area contributed by atoms with Gasteiger partial charge >= 0.3 is 0 Å². The second-order valence-electron chi connectivity index (χ2n) is 7.31. The van der Waals surface area contributed by atoms with Crippen LogP contribution in [0.3, 0.4) is 0 Å². The third kappa shape index (κ3) is 2.79. The van der Waals surface area contributed by atoms with Crippen molar-refractivity contribution in [1.82, 2.24) is 29.0 Å². The summed E-state index contributed by atoms with van der Waals surface area (Å²) < 4.78 is 24.9. The predicted octanol–water partition coefficient (Wildman–Crippen LogP) is 2.77. The average Bonchev–Trinajstić information content (AvgIpc) is 3.40. The van der Waals surface area contributed by atoms with E-state index in [1.54, 1.807) is 39.4 Å². The van der Waals surface area contributed by atoms with Gasteiger partial charge in [0.1, 0.15) is 21.9 Å². The minimum Gasteiger partial charge on any atom is -0.346 e. The van der Waals surface area contributed by atoms with Gasteiger partial charge in [0.05, 0.1) is 16.8 Å². The van der Waals surface area contributed by atoms with E-state index >= 15 is 0 Å². The van der Waals surface area contributed by atoms with Crippen LogP contribution < -0.4 is 0 Å². The number of benzene rings is 1. The standard InChI is InChI=1S/C20H18N8OS/c1-22-11-20(12-27(13-20)30(21,29)16-5-3-2-4-6-16)28-10-15(9-26-28)18-17-7-8-23-19(17)25-14-24-18/h2-10,14,21H,11-13H2,(H,23,24,25)/t30-/m0/s1. The zero-order chi connectivity index (χ0) is 20.8. The predicted molar refractivity (Wildman–Crippen MR) is 112 cm³/mol. The van der Waals surface area contributed by atoms with E-state index in [1.165, 1.54) is 6.33 Å². The third-order valence-corrected chi connectivity index (χ3v) is 7.33. The molecular formula is C20H18N8OS. The Bertz CT molecular complexity index is 1360. The highest BCUT2D eigenvalue weighted by molar-refractivity contribution is 7.90. The minimum atomic E-state index is -3.10. The zero-order valence-corrected chi connectivity index (χ0v) is 16.7. The highest BCUT2D eigenvalue weighted by Gasteiger charge is 2.52. The van der Waals surface area contributed by atoms with Crippen molar-refractivity contribution in [2.75, 3.05) is 19.6 Å². The molecule has 1 fully saturated rings. The molecule has 1 aliphatic heterocycles. The van der Waals surface area contributed by atoms with E-state index in [9.17, 15) is 4.21 Å². The molecule has 1 atom stereocenters. The van der Waals surface area contributed by atoms with Crippen LogP contribution in [0.1, 0.15) is 0 Å². The molecular weight excluding hydrogens is 400 g/mol. The summed E-state index contributed by atoms with van der Waals surface area (Å²) >= 11 is 0. The first-order valence-electron chi connectivity index (χ1n) is 9.29. The Balaban J connectivity index is 1.46. The maximum absolute atomic E-state index is 13.1. The number of aromatic nitrogens is 5. The number of hydrogen-bond donors (Lipinski definition) is 2. The summed E-state index contributed by atoms with van der Waals surface area (Å²) in [4.78, 5) is 15.7. The number of hydrogen-bond acceptors (Lipinski definition) is 5. The Kier molecular flexibility index (Phi) is 4.16. The van der Waals surface area contributed by atoms with Gasteiger partial charge in [0.25, 0.3) is 0 Å². The number of H-pyrrole nitrogens is 1. The molecule has 0 radical (unpaired) electrons. The molecule has 1 saturated heterocycles. The fourth-order valence-electron chi connectivity index (χ4n) is 3.82. The highest BCUT2D eigenvalue weighted by atomic mass is 32.2. The Morgan fingerprint density at radius 2 is 2.03 bits per heavy atom. The van der Waals surface area contributed by atoms with Crippen LogP contribution in [0.5, 0.6) is 0 Å². The fraction of sp³-hybridized carbons (Fsp3) is 0.200. The van der Waals surface area contributed by atoms with Crippen LogP contribution in [0.2, 0.25) is 0 Å². The molecule has 4 heterocycles. The van der Waals surface area contributed by atoms with Crippen LogP contribution in [0, 0.1) is 11.4 Å². The molecule has 0 bridgehead atoms. The lowest BCUT2D eigenvalue weighted by Crippen LogP contribution is -2.65. The van der Waals surface area contributed by atoms with Crippen LogP contribution in [-0.4, -0.2) is 52.9 Å². The summed E-state index contributed by atoms with van der Waals surface area (Å²) in [5.74, 6) is 0. The second kappa shape index (κ2) is 6.76. The summed E-state index contributed by atoms with van der Waals surface area (Å²) in [5.41, 5.74) is 1.70. The molecule has 0 amide bonds. The number of fused-ring (bicyclic) bond motifs is 1. The molecule has 150 valence electrons. The van der Waals surface area contributed by atoms with Gasteiger partial charge in [0.15, 0.2) is 5.54 Å². The van der Waals surface area contributed by atoms with Gasteiger partial charge in [-0.05, 0) is 18.2 Å². The van der Waals surface area contributed by atoms with Gasteiger partial charge in [-0.3, -0.25) is 4.68 Å². The summed E-state index contributed by atoms with van der Waals surface area (Å²) in [6.07, 6.45) is 6.90. The van der Waals surface area contributed by atoms with Crippen molar-refractivity contribution in [3.63, 3.8) is 0 Å². The van der Waals surface area contributed by atoms with Gasteiger partial charge in [-0.2, -0.15) is 5.10 Å². The van der Waals surface area contributed by atoms with Crippen LogP contribution in [0.4, 0.5) is 0 Å². The first-order chi connectivity index (χ1) is 14.5. The average molecular weight is 418 g/mol. The molecule has 0 aliphatic carbocycles. The molecule has 30 heavy (non-hydrogen) atoms. The first-order valence-corrected chi connectivity index (χ1v) is 10.8. The fourth-order valence-corrected chi connectivity index (χ4v) is 5.49. The van der Waals surface area contributed by atoms with Gasteiger partial charge < -0.3 is 9.83 Å². The summed E-state index contributed by atoms with van der Waals surface area (Å²) in [5, 5.41) is 5.40. The second-order valence-corrected chi connectivity index (χ2v) is 9.35. The van der Waals surface area contributed by atoms with Gasteiger partial charge in [-0.25, -0.2) is 29.8 Å².